The number of hydrogen-bond acceptors (Lipinski definition) is 2. The topological polar surface area (TPSA) is 29.1 Å². The van der Waals surface area contributed by atoms with Crippen LogP contribution in [0.5, 0.6) is 0 Å². The molecule has 0 aliphatic heterocycles. The van der Waals surface area contributed by atoms with Crippen molar-refractivity contribution in [2.24, 2.45) is 0 Å². The van der Waals surface area contributed by atoms with Gasteiger partial charge in [0.05, 0.1) is 0 Å². The maximum Gasteiger partial charge on any atom is 0.162 e. The number of carbonyl (C=O) groups excluding carboxylic acids is 1. The normalized spacial score (nSPS) is 10.2. The van der Waals surface area contributed by atoms with Gasteiger partial charge in [0.1, 0.15) is 0 Å². The Morgan fingerprint density at radius 1 is 1.16 bits per heavy atom. The van der Waals surface area contributed by atoms with E-state index in [0.29, 0.717) is 6.42 Å². The summed E-state index contributed by atoms with van der Waals surface area (Å²) in [5, 5.41) is 3.34. The van der Waals surface area contributed by atoms with Gasteiger partial charge in [0.15, 0.2) is 5.78 Å². The third-order valence-electron chi connectivity index (χ3n) is 2.91. The van der Waals surface area contributed by atoms with Crippen molar-refractivity contribution in [3.63, 3.8) is 0 Å². The van der Waals surface area contributed by atoms with E-state index in [-0.39, 0.29) is 5.78 Å². The quantitative estimate of drug-likeness (QED) is 0.813. The molecule has 98 valence electrons. The van der Waals surface area contributed by atoms with Gasteiger partial charge in [0.25, 0.3) is 0 Å². The lowest BCUT2D eigenvalue weighted by atomic mass is 10.1. The van der Waals surface area contributed by atoms with Crippen LogP contribution in [0, 0.1) is 0 Å². The molecular formula is C16H16BrNO. The number of rotatable bonds is 5. The first-order valence-corrected chi connectivity index (χ1v) is 7.10. The molecule has 0 bridgehead atoms. The first kappa shape index (κ1) is 13.8. The Labute approximate surface area is 122 Å². The summed E-state index contributed by atoms with van der Waals surface area (Å²) in [6.07, 6.45) is 0.546. The number of hydrogen-bond donors (Lipinski definition) is 1. The molecule has 0 aromatic heterocycles. The average molecular weight is 318 g/mol. The molecule has 0 aliphatic carbocycles. The first-order valence-electron chi connectivity index (χ1n) is 6.30. The van der Waals surface area contributed by atoms with Gasteiger partial charge in [0.2, 0.25) is 0 Å². The van der Waals surface area contributed by atoms with Crippen molar-refractivity contribution in [3.05, 3.63) is 64.1 Å². The van der Waals surface area contributed by atoms with Gasteiger partial charge in [-0.05, 0) is 42.0 Å². The van der Waals surface area contributed by atoms with E-state index in [0.717, 1.165) is 22.3 Å². The number of carbonyl (C=O) groups is 1. The summed E-state index contributed by atoms with van der Waals surface area (Å²) in [5.74, 6) is 0.179. The Hall–Kier alpha value is -1.61. The van der Waals surface area contributed by atoms with Crippen molar-refractivity contribution in [1.82, 2.24) is 0 Å². The van der Waals surface area contributed by atoms with Crippen molar-refractivity contribution in [3.8, 4) is 0 Å². The van der Waals surface area contributed by atoms with Crippen LogP contribution in [0.3, 0.4) is 0 Å². The molecule has 0 amide bonds. The number of benzene rings is 2. The van der Waals surface area contributed by atoms with Crippen LogP contribution in [0.1, 0.15) is 29.3 Å². The fourth-order valence-electron chi connectivity index (χ4n) is 1.83. The molecule has 0 saturated carbocycles. The molecule has 2 aromatic rings. The number of anilines is 1. The van der Waals surface area contributed by atoms with Crippen LogP contribution in [0.2, 0.25) is 0 Å². The summed E-state index contributed by atoms with van der Waals surface area (Å²) < 4.78 is 1.08. The number of Topliss-reactive ketones (excluding diaryl/α,β-unsaturated/α-hetero) is 1. The zero-order valence-corrected chi connectivity index (χ0v) is 12.4. The van der Waals surface area contributed by atoms with Crippen molar-refractivity contribution in [1.29, 1.82) is 0 Å². The summed E-state index contributed by atoms with van der Waals surface area (Å²) in [5.41, 5.74) is 3.01. The van der Waals surface area contributed by atoms with Gasteiger partial charge in [-0.2, -0.15) is 0 Å². The summed E-state index contributed by atoms with van der Waals surface area (Å²) in [6, 6.07) is 15.8. The summed E-state index contributed by atoms with van der Waals surface area (Å²) in [4.78, 5) is 11.5. The van der Waals surface area contributed by atoms with Crippen molar-refractivity contribution < 1.29 is 4.79 Å². The highest BCUT2D eigenvalue weighted by Gasteiger charge is 2.02. The van der Waals surface area contributed by atoms with E-state index < -0.39 is 0 Å². The molecule has 0 radical (unpaired) electrons. The molecule has 2 rings (SSSR count). The SMILES string of the molecule is CCC(=O)c1ccc(NCc2cccc(Br)c2)cc1. The zero-order chi connectivity index (χ0) is 13.7. The molecule has 0 atom stereocenters. The lowest BCUT2D eigenvalue weighted by Crippen LogP contribution is -2.00. The minimum Gasteiger partial charge on any atom is -0.381 e. The van der Waals surface area contributed by atoms with Gasteiger partial charge in [-0.15, -0.1) is 0 Å². The Kier molecular flexibility index (Phi) is 4.74. The molecule has 2 nitrogen and oxygen atoms in total. The van der Waals surface area contributed by atoms with Crippen LogP contribution >= 0.6 is 15.9 Å². The molecular weight excluding hydrogens is 302 g/mol. The standard InChI is InChI=1S/C16H16BrNO/c1-2-16(19)13-6-8-15(9-7-13)18-11-12-4-3-5-14(17)10-12/h3-10,18H,2,11H2,1H3. The highest BCUT2D eigenvalue weighted by atomic mass is 79.9. The van der Waals surface area contributed by atoms with E-state index in [1.807, 2.05) is 43.3 Å². The molecule has 0 unspecified atom stereocenters. The third kappa shape index (κ3) is 3.93. The molecule has 0 heterocycles. The van der Waals surface area contributed by atoms with Gasteiger partial charge in [-0.3, -0.25) is 4.79 Å². The monoisotopic (exact) mass is 317 g/mol. The van der Waals surface area contributed by atoms with E-state index in [4.69, 9.17) is 0 Å². The van der Waals surface area contributed by atoms with Crippen molar-refractivity contribution in [2.75, 3.05) is 5.32 Å². The summed E-state index contributed by atoms with van der Waals surface area (Å²) in [6.45, 7) is 2.64. The van der Waals surface area contributed by atoms with Crippen LogP contribution in [0.4, 0.5) is 5.69 Å². The molecule has 0 spiro atoms. The van der Waals surface area contributed by atoms with Crippen molar-refractivity contribution in [2.45, 2.75) is 19.9 Å². The second kappa shape index (κ2) is 6.53. The minimum absolute atomic E-state index is 0.179. The van der Waals surface area contributed by atoms with E-state index in [1.54, 1.807) is 0 Å². The Balaban J connectivity index is 1.98. The zero-order valence-electron chi connectivity index (χ0n) is 10.8. The van der Waals surface area contributed by atoms with Crippen LogP contribution in [-0.4, -0.2) is 5.78 Å². The molecule has 19 heavy (non-hydrogen) atoms. The average Bonchev–Trinajstić information content (AvgIpc) is 2.45. The van der Waals surface area contributed by atoms with Crippen LogP contribution in [0.15, 0.2) is 53.0 Å². The van der Waals surface area contributed by atoms with Gasteiger partial charge in [-0.25, -0.2) is 0 Å². The van der Waals surface area contributed by atoms with Crippen LogP contribution in [0.25, 0.3) is 0 Å². The second-order valence-corrected chi connectivity index (χ2v) is 5.25. The Morgan fingerprint density at radius 3 is 2.53 bits per heavy atom. The highest BCUT2D eigenvalue weighted by molar-refractivity contribution is 9.10. The van der Waals surface area contributed by atoms with E-state index >= 15 is 0 Å². The first-order chi connectivity index (χ1) is 9.19. The third-order valence-corrected chi connectivity index (χ3v) is 3.41. The minimum atomic E-state index is 0.179. The number of ketones is 1. The second-order valence-electron chi connectivity index (χ2n) is 4.34. The van der Waals surface area contributed by atoms with Gasteiger partial charge < -0.3 is 5.32 Å². The molecule has 1 N–H and O–H groups in total. The molecule has 0 saturated heterocycles. The largest absolute Gasteiger partial charge is 0.381 e. The lowest BCUT2D eigenvalue weighted by Gasteiger charge is -2.07. The van der Waals surface area contributed by atoms with Crippen LogP contribution in [-0.2, 0) is 6.54 Å². The predicted molar refractivity (Wildman–Crippen MR) is 82.5 cm³/mol. The Bertz CT molecular complexity index is 563. The van der Waals surface area contributed by atoms with Crippen molar-refractivity contribution >= 4 is 27.4 Å². The molecule has 3 heteroatoms. The van der Waals surface area contributed by atoms with Gasteiger partial charge in [-0.1, -0.05) is 35.0 Å². The maximum atomic E-state index is 11.5. The number of halogens is 1. The fourth-order valence-corrected chi connectivity index (χ4v) is 2.28. The van der Waals surface area contributed by atoms with E-state index in [9.17, 15) is 4.79 Å². The summed E-state index contributed by atoms with van der Waals surface area (Å²) in [7, 11) is 0. The summed E-state index contributed by atoms with van der Waals surface area (Å²) >= 11 is 3.46. The molecule has 0 aliphatic rings. The van der Waals surface area contributed by atoms with E-state index in [1.165, 1.54) is 5.56 Å². The highest BCUT2D eigenvalue weighted by Crippen LogP contribution is 2.15. The smallest absolute Gasteiger partial charge is 0.162 e. The molecule has 2 aromatic carbocycles. The van der Waals surface area contributed by atoms with Gasteiger partial charge in [0, 0.05) is 28.7 Å². The van der Waals surface area contributed by atoms with Gasteiger partial charge >= 0.3 is 0 Å². The van der Waals surface area contributed by atoms with Crippen LogP contribution < -0.4 is 5.32 Å². The fraction of sp³-hybridized carbons (Fsp3) is 0.188. The lowest BCUT2D eigenvalue weighted by molar-refractivity contribution is 0.0988. The number of nitrogens with one attached hydrogen (secondary N) is 1. The Morgan fingerprint density at radius 2 is 1.89 bits per heavy atom. The molecule has 0 fully saturated rings. The predicted octanol–water partition coefficient (Wildman–Crippen LogP) is 4.65. The maximum absolute atomic E-state index is 11.5. The van der Waals surface area contributed by atoms with E-state index in [2.05, 4.69) is 33.4 Å².